The Hall–Kier alpha value is -1.38. The lowest BCUT2D eigenvalue weighted by atomic mass is 10.2. The summed E-state index contributed by atoms with van der Waals surface area (Å²) in [5, 5.41) is 8.67. The fourth-order valence-corrected chi connectivity index (χ4v) is 2.31. The third-order valence-corrected chi connectivity index (χ3v) is 3.17. The zero-order chi connectivity index (χ0) is 10.5. The van der Waals surface area contributed by atoms with Crippen molar-refractivity contribution in [2.24, 2.45) is 0 Å². The molecule has 0 saturated carbocycles. The Morgan fingerprint density at radius 1 is 1.07 bits per heavy atom. The number of thiophene rings is 1. The van der Waals surface area contributed by atoms with E-state index in [1.807, 2.05) is 24.3 Å². The number of benzene rings is 1. The Balaban J connectivity index is 2.24. The first-order valence-corrected chi connectivity index (χ1v) is 5.64. The van der Waals surface area contributed by atoms with E-state index in [0.717, 1.165) is 0 Å². The molecule has 2 aromatic rings. The smallest absolute Gasteiger partial charge is 0.0615 e. The van der Waals surface area contributed by atoms with E-state index < -0.39 is 0 Å². The Labute approximate surface area is 93.3 Å². The Kier molecular flexibility index (Phi) is 3.33. The molecule has 0 unspecified atom stereocenters. The van der Waals surface area contributed by atoms with E-state index in [4.69, 9.17) is 5.11 Å². The molecule has 0 fully saturated rings. The van der Waals surface area contributed by atoms with E-state index in [9.17, 15) is 0 Å². The lowest BCUT2D eigenvalue weighted by Crippen LogP contribution is -1.68. The standard InChI is InChI=1S/C13H12OS/c14-10-4-7-12-8-9-13(15-12)11-5-2-1-3-6-11/h1-9,14H,10H2/b7-4+. The SMILES string of the molecule is OC/C=C/c1ccc(-c2ccccc2)s1. The van der Waals surface area contributed by atoms with Crippen LogP contribution in [0.15, 0.2) is 48.5 Å². The minimum atomic E-state index is 0.0958. The molecule has 0 amide bonds. The molecule has 1 heterocycles. The molecule has 76 valence electrons. The van der Waals surface area contributed by atoms with Crippen molar-refractivity contribution in [3.8, 4) is 10.4 Å². The largest absolute Gasteiger partial charge is 0.392 e. The van der Waals surface area contributed by atoms with Gasteiger partial charge in [-0.3, -0.25) is 0 Å². The summed E-state index contributed by atoms with van der Waals surface area (Å²) in [5.74, 6) is 0. The van der Waals surface area contributed by atoms with Gasteiger partial charge in [-0.05, 0) is 23.8 Å². The van der Waals surface area contributed by atoms with Gasteiger partial charge in [0.15, 0.2) is 0 Å². The molecule has 1 aromatic heterocycles. The number of aliphatic hydroxyl groups is 1. The summed E-state index contributed by atoms with van der Waals surface area (Å²) >= 11 is 1.73. The highest BCUT2D eigenvalue weighted by Gasteiger charge is 1.99. The van der Waals surface area contributed by atoms with E-state index in [-0.39, 0.29) is 6.61 Å². The molecule has 0 aliphatic rings. The Morgan fingerprint density at radius 2 is 1.87 bits per heavy atom. The zero-order valence-corrected chi connectivity index (χ0v) is 9.08. The molecule has 0 aliphatic carbocycles. The van der Waals surface area contributed by atoms with Crippen LogP contribution >= 0.6 is 11.3 Å². The van der Waals surface area contributed by atoms with Gasteiger partial charge in [-0.15, -0.1) is 11.3 Å². The van der Waals surface area contributed by atoms with Crippen LogP contribution in [-0.2, 0) is 0 Å². The fraction of sp³-hybridized carbons (Fsp3) is 0.0769. The lowest BCUT2D eigenvalue weighted by Gasteiger charge is -1.94. The molecular weight excluding hydrogens is 204 g/mol. The van der Waals surface area contributed by atoms with Gasteiger partial charge in [0.05, 0.1) is 6.61 Å². The second-order valence-electron chi connectivity index (χ2n) is 3.15. The van der Waals surface area contributed by atoms with Crippen molar-refractivity contribution >= 4 is 17.4 Å². The lowest BCUT2D eigenvalue weighted by molar-refractivity contribution is 0.343. The van der Waals surface area contributed by atoms with Gasteiger partial charge in [-0.2, -0.15) is 0 Å². The second kappa shape index (κ2) is 4.91. The van der Waals surface area contributed by atoms with Gasteiger partial charge in [0.1, 0.15) is 0 Å². The van der Waals surface area contributed by atoms with Crippen LogP contribution in [0.2, 0.25) is 0 Å². The first kappa shape index (κ1) is 10.1. The second-order valence-corrected chi connectivity index (χ2v) is 4.27. The molecule has 1 N–H and O–H groups in total. The van der Waals surface area contributed by atoms with Crippen molar-refractivity contribution < 1.29 is 5.11 Å². The van der Waals surface area contributed by atoms with E-state index in [1.165, 1.54) is 15.3 Å². The zero-order valence-electron chi connectivity index (χ0n) is 8.26. The summed E-state index contributed by atoms with van der Waals surface area (Å²) in [6, 6.07) is 14.5. The first-order valence-electron chi connectivity index (χ1n) is 4.83. The predicted molar refractivity (Wildman–Crippen MR) is 65.9 cm³/mol. The molecule has 0 bridgehead atoms. The summed E-state index contributed by atoms with van der Waals surface area (Å²) in [5.41, 5.74) is 1.24. The van der Waals surface area contributed by atoms with Crippen molar-refractivity contribution in [2.45, 2.75) is 0 Å². The molecule has 0 aliphatic heterocycles. The minimum Gasteiger partial charge on any atom is -0.392 e. The van der Waals surface area contributed by atoms with Gasteiger partial charge in [-0.25, -0.2) is 0 Å². The summed E-state index contributed by atoms with van der Waals surface area (Å²) in [4.78, 5) is 2.43. The van der Waals surface area contributed by atoms with Crippen molar-refractivity contribution in [1.82, 2.24) is 0 Å². The summed E-state index contributed by atoms with van der Waals surface area (Å²) < 4.78 is 0. The first-order chi connectivity index (χ1) is 7.40. The van der Waals surface area contributed by atoms with Gasteiger partial charge in [0, 0.05) is 9.75 Å². The maximum atomic E-state index is 8.67. The molecule has 2 rings (SSSR count). The average Bonchev–Trinajstić information content (AvgIpc) is 2.76. The van der Waals surface area contributed by atoms with Crippen LogP contribution in [0.3, 0.4) is 0 Å². The molecule has 0 radical (unpaired) electrons. The van der Waals surface area contributed by atoms with Crippen molar-refractivity contribution in [3.63, 3.8) is 0 Å². The molecule has 2 heteroatoms. The Bertz CT molecular complexity index is 443. The van der Waals surface area contributed by atoms with Gasteiger partial charge in [-0.1, -0.05) is 36.4 Å². The number of aliphatic hydroxyl groups excluding tert-OH is 1. The quantitative estimate of drug-likeness (QED) is 0.833. The minimum absolute atomic E-state index is 0.0958. The van der Waals surface area contributed by atoms with E-state index in [0.29, 0.717) is 0 Å². The van der Waals surface area contributed by atoms with E-state index in [2.05, 4.69) is 24.3 Å². The highest BCUT2D eigenvalue weighted by molar-refractivity contribution is 7.16. The van der Waals surface area contributed by atoms with Crippen LogP contribution < -0.4 is 0 Å². The number of rotatable bonds is 3. The highest BCUT2D eigenvalue weighted by atomic mass is 32.1. The highest BCUT2D eigenvalue weighted by Crippen LogP contribution is 2.28. The molecule has 1 aromatic carbocycles. The molecular formula is C13H12OS. The maximum absolute atomic E-state index is 8.67. The van der Waals surface area contributed by atoms with Crippen molar-refractivity contribution in [3.05, 3.63) is 53.4 Å². The van der Waals surface area contributed by atoms with Crippen LogP contribution in [0.1, 0.15) is 4.88 Å². The molecule has 0 atom stereocenters. The number of hydrogen-bond acceptors (Lipinski definition) is 2. The van der Waals surface area contributed by atoms with Gasteiger partial charge < -0.3 is 5.11 Å². The number of hydrogen-bond donors (Lipinski definition) is 1. The van der Waals surface area contributed by atoms with Crippen LogP contribution in [-0.4, -0.2) is 11.7 Å². The molecule has 0 saturated heterocycles. The van der Waals surface area contributed by atoms with Gasteiger partial charge >= 0.3 is 0 Å². The summed E-state index contributed by atoms with van der Waals surface area (Å²) in [7, 11) is 0. The molecule has 15 heavy (non-hydrogen) atoms. The monoisotopic (exact) mass is 216 g/mol. The molecule has 0 spiro atoms. The summed E-state index contributed by atoms with van der Waals surface area (Å²) in [6.07, 6.45) is 3.69. The maximum Gasteiger partial charge on any atom is 0.0615 e. The van der Waals surface area contributed by atoms with Crippen LogP contribution in [0.5, 0.6) is 0 Å². The predicted octanol–water partition coefficient (Wildman–Crippen LogP) is 3.42. The molecule has 1 nitrogen and oxygen atoms in total. The van der Waals surface area contributed by atoms with E-state index >= 15 is 0 Å². The van der Waals surface area contributed by atoms with Crippen molar-refractivity contribution in [1.29, 1.82) is 0 Å². The average molecular weight is 216 g/mol. The summed E-state index contributed by atoms with van der Waals surface area (Å²) in [6.45, 7) is 0.0958. The van der Waals surface area contributed by atoms with Crippen LogP contribution in [0.25, 0.3) is 16.5 Å². The van der Waals surface area contributed by atoms with E-state index in [1.54, 1.807) is 17.4 Å². The Morgan fingerprint density at radius 3 is 2.60 bits per heavy atom. The third-order valence-electron chi connectivity index (χ3n) is 2.07. The van der Waals surface area contributed by atoms with Crippen LogP contribution in [0, 0.1) is 0 Å². The van der Waals surface area contributed by atoms with Crippen LogP contribution in [0.4, 0.5) is 0 Å². The fourth-order valence-electron chi connectivity index (χ4n) is 1.37. The normalized spacial score (nSPS) is 11.0. The van der Waals surface area contributed by atoms with Gasteiger partial charge in [0.2, 0.25) is 0 Å². The third kappa shape index (κ3) is 2.55. The topological polar surface area (TPSA) is 20.2 Å². The van der Waals surface area contributed by atoms with Gasteiger partial charge in [0.25, 0.3) is 0 Å². The van der Waals surface area contributed by atoms with Crippen molar-refractivity contribution in [2.75, 3.05) is 6.61 Å².